The molecule has 0 aromatic heterocycles. The highest BCUT2D eigenvalue weighted by Crippen LogP contribution is 2.65. The first-order chi connectivity index (χ1) is 20.7. The number of fused-ring (bicyclic) bond motifs is 1. The van der Waals surface area contributed by atoms with Crippen molar-refractivity contribution in [3.63, 3.8) is 0 Å². The maximum Gasteiger partial charge on any atom is 0.248 e. The third-order valence-corrected chi connectivity index (χ3v) is 10.2. The van der Waals surface area contributed by atoms with E-state index in [1.807, 2.05) is 18.7 Å². The number of aliphatic hydroxyl groups is 1. The second-order valence-electron chi connectivity index (χ2n) is 13.0. The third kappa shape index (κ3) is 6.44. The monoisotopic (exact) mass is 602 g/mol. The molecule has 43 heavy (non-hydrogen) atoms. The van der Waals surface area contributed by atoms with Gasteiger partial charge in [0.25, 0.3) is 0 Å². The van der Waals surface area contributed by atoms with Crippen LogP contribution in [0.15, 0.2) is 25.3 Å². The van der Waals surface area contributed by atoms with E-state index in [9.17, 15) is 19.5 Å². The summed E-state index contributed by atoms with van der Waals surface area (Å²) in [5, 5.41) is 9.23. The molecule has 3 amide bonds. The van der Waals surface area contributed by atoms with Gasteiger partial charge >= 0.3 is 0 Å². The summed E-state index contributed by atoms with van der Waals surface area (Å²) in [6, 6.07) is -0.798. The molecule has 10 nitrogen and oxygen atoms in total. The second kappa shape index (κ2) is 14.7. The normalized spacial score (nSPS) is 31.7. The van der Waals surface area contributed by atoms with E-state index >= 15 is 0 Å². The molecule has 0 aromatic rings. The van der Waals surface area contributed by atoms with Crippen LogP contribution in [-0.2, 0) is 23.9 Å². The lowest BCUT2D eigenvalue weighted by molar-refractivity contribution is -0.155. The minimum Gasteiger partial charge on any atom is -0.396 e. The van der Waals surface area contributed by atoms with Gasteiger partial charge in [0.15, 0.2) is 0 Å². The predicted molar refractivity (Wildman–Crippen MR) is 165 cm³/mol. The highest BCUT2D eigenvalue weighted by atomic mass is 16.5. The lowest BCUT2D eigenvalue weighted by atomic mass is 9.62. The Morgan fingerprint density at radius 2 is 1.67 bits per heavy atom. The van der Waals surface area contributed by atoms with Crippen LogP contribution in [0.4, 0.5) is 0 Å². The quantitative estimate of drug-likeness (QED) is 0.201. The molecular formula is C33H54N4O6. The molecule has 0 saturated carbocycles. The van der Waals surface area contributed by atoms with E-state index in [1.54, 1.807) is 22.0 Å². The summed E-state index contributed by atoms with van der Waals surface area (Å²) in [7, 11) is 0. The summed E-state index contributed by atoms with van der Waals surface area (Å²) in [6.07, 6.45) is 7.95. The van der Waals surface area contributed by atoms with Crippen LogP contribution in [0.5, 0.6) is 0 Å². The topological polar surface area (TPSA) is 103 Å². The Kier molecular flexibility index (Phi) is 11.5. The molecule has 6 atom stereocenters. The van der Waals surface area contributed by atoms with Gasteiger partial charge in [-0.3, -0.25) is 19.3 Å². The van der Waals surface area contributed by atoms with Crippen LogP contribution in [0.25, 0.3) is 0 Å². The molecule has 4 aliphatic heterocycles. The predicted octanol–water partition coefficient (Wildman–Crippen LogP) is 2.32. The van der Waals surface area contributed by atoms with Crippen molar-refractivity contribution in [2.45, 2.75) is 76.5 Å². The summed E-state index contributed by atoms with van der Waals surface area (Å²) >= 11 is 0. The van der Waals surface area contributed by atoms with Crippen molar-refractivity contribution >= 4 is 17.7 Å². The zero-order valence-electron chi connectivity index (χ0n) is 26.7. The molecule has 242 valence electrons. The van der Waals surface area contributed by atoms with E-state index in [-0.39, 0.29) is 30.2 Å². The average molecular weight is 603 g/mol. The second-order valence-corrected chi connectivity index (χ2v) is 13.0. The van der Waals surface area contributed by atoms with E-state index in [0.717, 1.165) is 38.8 Å². The minimum absolute atomic E-state index is 0.00119. The Hall–Kier alpha value is -2.27. The van der Waals surface area contributed by atoms with Gasteiger partial charge in [-0.2, -0.15) is 0 Å². The molecule has 4 rings (SSSR count). The first kappa shape index (κ1) is 33.6. The van der Waals surface area contributed by atoms with Gasteiger partial charge in [-0.1, -0.05) is 38.8 Å². The lowest BCUT2D eigenvalue weighted by Crippen LogP contribution is -2.57. The number of nitrogens with zero attached hydrogens (tertiary/aromatic N) is 4. The summed E-state index contributed by atoms with van der Waals surface area (Å²) in [5.41, 5.74) is -1.90. The van der Waals surface area contributed by atoms with Gasteiger partial charge < -0.3 is 29.3 Å². The Labute approximate surface area is 258 Å². The molecule has 0 aliphatic carbocycles. The largest absolute Gasteiger partial charge is 0.396 e. The van der Waals surface area contributed by atoms with Crippen molar-refractivity contribution in [3.05, 3.63) is 25.3 Å². The van der Waals surface area contributed by atoms with Crippen LogP contribution in [0, 0.1) is 17.8 Å². The van der Waals surface area contributed by atoms with Crippen molar-refractivity contribution in [1.82, 2.24) is 19.6 Å². The molecule has 4 heterocycles. The average Bonchev–Trinajstić information content (AvgIpc) is 3.51. The molecule has 10 heteroatoms. The fourth-order valence-corrected chi connectivity index (χ4v) is 8.00. The van der Waals surface area contributed by atoms with Crippen LogP contribution < -0.4 is 0 Å². The zero-order chi connectivity index (χ0) is 31.2. The van der Waals surface area contributed by atoms with Crippen LogP contribution in [0.2, 0.25) is 0 Å². The number of rotatable bonds is 17. The maximum atomic E-state index is 14.7. The van der Waals surface area contributed by atoms with Crippen molar-refractivity contribution in [1.29, 1.82) is 0 Å². The summed E-state index contributed by atoms with van der Waals surface area (Å²) < 4.78 is 12.5. The molecule has 1 spiro atoms. The van der Waals surface area contributed by atoms with E-state index in [0.29, 0.717) is 65.3 Å². The van der Waals surface area contributed by atoms with E-state index in [1.165, 1.54) is 0 Å². The number of likely N-dealkylation sites (tertiary alicyclic amines) is 1. The first-order valence-electron chi connectivity index (χ1n) is 16.4. The molecule has 4 saturated heterocycles. The van der Waals surface area contributed by atoms with Gasteiger partial charge in [-0.15, -0.1) is 13.2 Å². The van der Waals surface area contributed by atoms with Crippen LogP contribution in [0.1, 0.15) is 59.3 Å². The number of carbonyl (C=O) groups is 3. The first-order valence-corrected chi connectivity index (χ1v) is 16.4. The molecule has 1 N–H and O–H groups in total. The number of unbranched alkanes of at least 4 members (excludes halogenated alkanes) is 3. The van der Waals surface area contributed by atoms with Crippen molar-refractivity contribution in [2.24, 2.45) is 17.8 Å². The molecule has 0 radical (unpaired) electrons. The van der Waals surface area contributed by atoms with E-state index in [4.69, 9.17) is 9.47 Å². The number of morpholine rings is 1. The van der Waals surface area contributed by atoms with E-state index < -0.39 is 29.1 Å². The smallest absolute Gasteiger partial charge is 0.248 e. The van der Waals surface area contributed by atoms with E-state index in [2.05, 4.69) is 25.0 Å². The summed E-state index contributed by atoms with van der Waals surface area (Å²) in [6.45, 7) is 20.0. The standard InChI is InChI=1S/C33H54N4O6/c1-6-13-35(14-7-2)29(39)26-27-30(40)37(16-11-9-10-12-21-38)28(33(27)24-25(4)32(26,5)43-33)31(41)36(15-8-3)18-17-34-19-22-42-23-20-34/h6,8,25-28,38H,1,3,7,9-24H2,2,4-5H3/t25?,26-,27+,28?,32+,33?/m1/s1. The lowest BCUT2D eigenvalue weighted by Gasteiger charge is -2.39. The van der Waals surface area contributed by atoms with Gasteiger partial charge in [0.2, 0.25) is 17.7 Å². The molecule has 4 fully saturated rings. The molecule has 4 aliphatic rings. The number of aliphatic hydroxyl groups excluding tert-OH is 1. The minimum atomic E-state index is -1.06. The number of hydrogen-bond acceptors (Lipinski definition) is 7. The van der Waals surface area contributed by atoms with Crippen LogP contribution in [0.3, 0.4) is 0 Å². The SMILES string of the molecule is C=CCN(CCN1CCOCC1)C(=O)C1N(CCCCCCO)C(=O)[C@@H]2[C@H](C(=O)N(CC=C)CCC)[C@@]3(C)OC12CC3C. The molecule has 0 aromatic carbocycles. The van der Waals surface area contributed by atoms with Crippen molar-refractivity contribution in [2.75, 3.05) is 72.2 Å². The van der Waals surface area contributed by atoms with Gasteiger partial charge in [0, 0.05) is 59.0 Å². The summed E-state index contributed by atoms with van der Waals surface area (Å²) in [5.74, 6) is -1.72. The molecule has 3 unspecified atom stereocenters. The molecule has 2 bridgehead atoms. The number of carbonyl (C=O) groups excluding carboxylic acids is 3. The van der Waals surface area contributed by atoms with Gasteiger partial charge in [0.05, 0.1) is 30.7 Å². The molecular weight excluding hydrogens is 548 g/mol. The van der Waals surface area contributed by atoms with Crippen molar-refractivity contribution in [3.8, 4) is 0 Å². The van der Waals surface area contributed by atoms with Gasteiger partial charge in [-0.05, 0) is 38.5 Å². The third-order valence-electron chi connectivity index (χ3n) is 10.2. The van der Waals surface area contributed by atoms with Crippen LogP contribution in [-0.4, -0.2) is 132 Å². The number of amides is 3. The maximum absolute atomic E-state index is 14.7. The highest BCUT2D eigenvalue weighted by Gasteiger charge is 2.80. The highest BCUT2D eigenvalue weighted by molar-refractivity contribution is 5.99. The Morgan fingerprint density at radius 3 is 2.30 bits per heavy atom. The summed E-state index contributed by atoms with van der Waals surface area (Å²) in [4.78, 5) is 51.1. The Bertz CT molecular complexity index is 1020. The number of hydrogen-bond donors (Lipinski definition) is 1. The van der Waals surface area contributed by atoms with Gasteiger partial charge in [0.1, 0.15) is 11.6 Å². The van der Waals surface area contributed by atoms with Gasteiger partial charge in [-0.25, -0.2) is 0 Å². The Morgan fingerprint density at radius 1 is 1.02 bits per heavy atom. The Balaban J connectivity index is 1.68. The zero-order valence-corrected chi connectivity index (χ0v) is 26.7. The fourth-order valence-electron chi connectivity index (χ4n) is 8.00. The van der Waals surface area contributed by atoms with Crippen LogP contribution >= 0.6 is 0 Å². The number of ether oxygens (including phenoxy) is 2. The fraction of sp³-hybridized carbons (Fsp3) is 0.788. The van der Waals surface area contributed by atoms with Crippen molar-refractivity contribution < 1.29 is 29.0 Å².